The topological polar surface area (TPSA) is 116 Å². The van der Waals surface area contributed by atoms with Gasteiger partial charge in [-0.3, -0.25) is 4.79 Å². The molecule has 1 amide bonds. The van der Waals surface area contributed by atoms with Crippen molar-refractivity contribution >= 4 is 20.2 Å². The monoisotopic (exact) mass is 389 g/mol. The maximum atomic E-state index is 12.5. The van der Waals surface area contributed by atoms with Crippen molar-refractivity contribution in [3.63, 3.8) is 0 Å². The van der Waals surface area contributed by atoms with Gasteiger partial charge in [0.05, 0.1) is 12.0 Å². The van der Waals surface area contributed by atoms with Crippen molar-refractivity contribution < 1.29 is 29.3 Å². The second kappa shape index (κ2) is 7.22. The fourth-order valence-corrected chi connectivity index (χ4v) is 4.89. The molecule has 0 unspecified atom stereocenters. The molecule has 1 aliphatic rings. The number of carbonyl (C=O) groups excluding carboxylic acids is 1. The lowest BCUT2D eigenvalue weighted by atomic mass is 9.70. The van der Waals surface area contributed by atoms with Crippen LogP contribution in [0, 0.1) is 11.8 Å². The van der Waals surface area contributed by atoms with Crippen LogP contribution in [-0.2, 0) is 14.0 Å². The first-order valence-electron chi connectivity index (χ1n) is 9.12. The van der Waals surface area contributed by atoms with Gasteiger partial charge < -0.3 is 25.1 Å². The highest BCUT2D eigenvalue weighted by Crippen LogP contribution is 2.46. The lowest BCUT2D eigenvalue weighted by Crippen LogP contribution is -2.72. The molecule has 0 aromatic rings. The number of carboxylic acid groups (broad SMARTS) is 1. The quantitative estimate of drug-likeness (QED) is 0.493. The molecule has 0 aliphatic carbocycles. The predicted molar refractivity (Wildman–Crippen MR) is 101 cm³/mol. The van der Waals surface area contributed by atoms with Crippen LogP contribution in [-0.4, -0.2) is 59.4 Å². The average molecular weight is 390 g/mol. The number of rotatable bonds is 7. The van der Waals surface area contributed by atoms with Crippen LogP contribution < -0.4 is 5.32 Å². The van der Waals surface area contributed by atoms with E-state index in [0.29, 0.717) is 0 Å². The van der Waals surface area contributed by atoms with E-state index in [0.717, 1.165) is 0 Å². The second-order valence-corrected chi connectivity index (χ2v) is 14.1. The van der Waals surface area contributed by atoms with Crippen molar-refractivity contribution in [3.8, 4) is 0 Å². The number of aliphatic hydroxyl groups excluding tert-OH is 1. The van der Waals surface area contributed by atoms with Crippen molar-refractivity contribution in [1.29, 1.82) is 0 Å². The molecule has 1 heterocycles. The number of hydrogen-bond donors (Lipinski definition) is 4. The number of nitrogens with one attached hydrogen (secondary N) is 1. The van der Waals surface area contributed by atoms with Gasteiger partial charge in [-0.15, -0.1) is 0 Å². The van der Waals surface area contributed by atoms with Crippen molar-refractivity contribution in [3.05, 3.63) is 0 Å². The van der Waals surface area contributed by atoms with E-state index in [1.54, 1.807) is 0 Å². The summed E-state index contributed by atoms with van der Waals surface area (Å²) in [5.41, 5.74) is -3.89. The Morgan fingerprint density at radius 3 is 2.19 bits per heavy atom. The third-order valence-electron chi connectivity index (χ3n) is 6.13. The average Bonchev–Trinajstić information content (AvgIpc) is 2.64. The first-order valence-corrected chi connectivity index (χ1v) is 12.0. The molecule has 0 spiro atoms. The minimum atomic E-state index is -2.39. The molecule has 0 aromatic heterocycles. The summed E-state index contributed by atoms with van der Waals surface area (Å²) < 4.78 is 6.44. The number of aliphatic carboxylic acids is 1. The molecular formula is C18H35NO6Si. The molecule has 7 nitrogen and oxygen atoms in total. The fourth-order valence-electron chi connectivity index (χ4n) is 3.45. The van der Waals surface area contributed by atoms with E-state index in [1.165, 1.54) is 6.92 Å². The molecule has 1 rings (SSSR count). The lowest BCUT2D eigenvalue weighted by Gasteiger charge is -2.49. The highest BCUT2D eigenvalue weighted by atomic mass is 28.4. The molecule has 1 fully saturated rings. The first kappa shape index (κ1) is 23.1. The van der Waals surface area contributed by atoms with E-state index in [-0.39, 0.29) is 24.0 Å². The SMILES string of the molecule is CC(C)[C@H](O[Si](C)(C)C(C)(C)C)[C@]1(C(=O)O)NC(=O)[C@H](CCO)[C@]1(C)O. The van der Waals surface area contributed by atoms with E-state index in [4.69, 9.17) is 4.43 Å². The number of hydrogen-bond acceptors (Lipinski definition) is 5. The molecule has 0 saturated carbocycles. The van der Waals surface area contributed by atoms with Crippen LogP contribution in [0.4, 0.5) is 0 Å². The normalized spacial score (nSPS) is 31.2. The molecule has 26 heavy (non-hydrogen) atoms. The zero-order valence-electron chi connectivity index (χ0n) is 17.2. The summed E-state index contributed by atoms with van der Waals surface area (Å²) >= 11 is 0. The smallest absolute Gasteiger partial charge is 0.335 e. The van der Waals surface area contributed by atoms with Gasteiger partial charge in [-0.1, -0.05) is 34.6 Å². The lowest BCUT2D eigenvalue weighted by molar-refractivity contribution is -0.169. The second-order valence-electron chi connectivity index (χ2n) is 9.36. The molecule has 4 atom stereocenters. The number of amides is 1. The van der Waals surface area contributed by atoms with Gasteiger partial charge in [0, 0.05) is 6.61 Å². The number of carbonyl (C=O) groups is 2. The largest absolute Gasteiger partial charge is 0.479 e. The van der Waals surface area contributed by atoms with Crippen molar-refractivity contribution in [2.45, 2.75) is 83.3 Å². The Labute approximate surface area is 157 Å². The molecule has 8 heteroatoms. The van der Waals surface area contributed by atoms with E-state index in [1.807, 2.05) is 47.7 Å². The van der Waals surface area contributed by atoms with E-state index in [9.17, 15) is 24.9 Å². The Morgan fingerprint density at radius 2 is 1.85 bits per heavy atom. The summed E-state index contributed by atoms with van der Waals surface area (Å²) in [6.45, 7) is 14.8. The van der Waals surface area contributed by atoms with Gasteiger partial charge in [-0.05, 0) is 37.4 Å². The predicted octanol–water partition coefficient (Wildman–Crippen LogP) is 1.74. The molecule has 152 valence electrons. The van der Waals surface area contributed by atoms with E-state index >= 15 is 0 Å². The Kier molecular flexibility index (Phi) is 6.41. The van der Waals surface area contributed by atoms with Crippen LogP contribution in [0.1, 0.15) is 48.0 Å². The molecule has 0 bridgehead atoms. The van der Waals surface area contributed by atoms with Gasteiger partial charge >= 0.3 is 5.97 Å². The maximum absolute atomic E-state index is 12.5. The third kappa shape index (κ3) is 3.56. The highest BCUT2D eigenvalue weighted by Gasteiger charge is 2.70. The van der Waals surface area contributed by atoms with Gasteiger partial charge in [-0.2, -0.15) is 0 Å². The molecule has 0 radical (unpaired) electrons. The summed E-state index contributed by atoms with van der Waals surface area (Å²) in [7, 11) is -2.39. The van der Waals surface area contributed by atoms with Crippen LogP contribution >= 0.6 is 0 Å². The molecule has 1 saturated heterocycles. The standard InChI is InChI=1S/C18H35NO6Si/c1-11(2)13(25-26(7,8)16(3,4)5)18(15(22)23)17(6,24)12(9-10-20)14(21)19-18/h11-13,20,24H,9-10H2,1-8H3,(H,19,21)(H,22,23)/t12-,13-,17-,18+/m0/s1. The van der Waals surface area contributed by atoms with Crippen LogP contribution in [0.25, 0.3) is 0 Å². The van der Waals surface area contributed by atoms with E-state index in [2.05, 4.69) is 5.32 Å². The Hall–Kier alpha value is -0.963. The third-order valence-corrected chi connectivity index (χ3v) is 10.6. The molecular weight excluding hydrogens is 354 g/mol. The fraction of sp³-hybridized carbons (Fsp3) is 0.889. The van der Waals surface area contributed by atoms with Gasteiger partial charge in [0.25, 0.3) is 0 Å². The summed E-state index contributed by atoms with van der Waals surface area (Å²) in [5.74, 6) is -3.18. The minimum absolute atomic E-state index is 0.0151. The molecule has 1 aliphatic heterocycles. The van der Waals surface area contributed by atoms with Crippen LogP contribution in [0.15, 0.2) is 0 Å². The van der Waals surface area contributed by atoms with E-state index < -0.39 is 43.4 Å². The molecule has 0 aromatic carbocycles. The summed E-state index contributed by atoms with van der Waals surface area (Å²) in [6, 6.07) is 0. The van der Waals surface area contributed by atoms with Gasteiger partial charge in [0.15, 0.2) is 13.9 Å². The Balaban J connectivity index is 3.53. The van der Waals surface area contributed by atoms with Crippen molar-refractivity contribution in [2.75, 3.05) is 6.61 Å². The summed E-state index contributed by atoms with van der Waals surface area (Å²) in [5, 5.41) is 33.0. The van der Waals surface area contributed by atoms with Gasteiger partial charge in [0.1, 0.15) is 5.60 Å². The zero-order chi connectivity index (χ0) is 20.7. The first-order chi connectivity index (χ1) is 11.6. The highest BCUT2D eigenvalue weighted by molar-refractivity contribution is 6.74. The van der Waals surface area contributed by atoms with Crippen LogP contribution in [0.3, 0.4) is 0 Å². The van der Waals surface area contributed by atoms with Crippen molar-refractivity contribution in [2.24, 2.45) is 11.8 Å². The van der Waals surface area contributed by atoms with Crippen molar-refractivity contribution in [1.82, 2.24) is 5.32 Å². The number of aliphatic hydroxyl groups is 2. The maximum Gasteiger partial charge on any atom is 0.335 e. The van der Waals surface area contributed by atoms with Gasteiger partial charge in [0.2, 0.25) is 5.91 Å². The van der Waals surface area contributed by atoms with Crippen LogP contribution in [0.2, 0.25) is 18.1 Å². The summed E-state index contributed by atoms with van der Waals surface area (Å²) in [6.07, 6.45) is -0.929. The number of carboxylic acids is 1. The Bertz CT molecular complexity index is 554. The Morgan fingerprint density at radius 1 is 1.35 bits per heavy atom. The zero-order valence-corrected chi connectivity index (χ0v) is 18.2. The van der Waals surface area contributed by atoms with Gasteiger partial charge in [-0.25, -0.2) is 4.79 Å². The minimum Gasteiger partial charge on any atom is -0.479 e. The molecule has 4 N–H and O–H groups in total. The van der Waals surface area contributed by atoms with Crippen LogP contribution in [0.5, 0.6) is 0 Å². The summed E-state index contributed by atoms with van der Waals surface area (Å²) in [4.78, 5) is 24.9.